The van der Waals surface area contributed by atoms with Crippen molar-refractivity contribution in [2.75, 3.05) is 23.8 Å². The second-order valence-electron chi connectivity index (χ2n) is 6.83. The fourth-order valence-corrected chi connectivity index (χ4v) is 3.22. The quantitative estimate of drug-likeness (QED) is 0.544. The second kappa shape index (κ2) is 7.84. The highest BCUT2D eigenvalue weighted by molar-refractivity contribution is 6.17. The zero-order chi connectivity index (χ0) is 21.3. The molecule has 0 bridgehead atoms. The molecule has 0 aliphatic carbocycles. The van der Waals surface area contributed by atoms with Gasteiger partial charge in [-0.15, -0.1) is 0 Å². The number of hydrogen-bond acceptors (Lipinski definition) is 6. The summed E-state index contributed by atoms with van der Waals surface area (Å²) in [6.45, 7) is 1.47. The molecule has 2 aromatic carbocycles. The molecular formula is C22H19N3O5. The molecule has 3 aromatic rings. The highest BCUT2D eigenvalue weighted by Crippen LogP contribution is 2.24. The number of fused-ring (bicyclic) bond motifs is 1. The van der Waals surface area contributed by atoms with Gasteiger partial charge in [0.05, 0.1) is 13.2 Å². The predicted molar refractivity (Wildman–Crippen MR) is 111 cm³/mol. The number of anilines is 2. The van der Waals surface area contributed by atoms with Crippen molar-refractivity contribution < 1.29 is 23.9 Å². The van der Waals surface area contributed by atoms with Crippen molar-refractivity contribution in [1.29, 1.82) is 0 Å². The number of carbonyl (C=O) groups excluding carboxylic acids is 3. The van der Waals surface area contributed by atoms with E-state index in [1.165, 1.54) is 6.08 Å². The first-order valence-corrected chi connectivity index (χ1v) is 9.32. The van der Waals surface area contributed by atoms with Crippen LogP contribution in [0.5, 0.6) is 0 Å². The lowest BCUT2D eigenvalue weighted by Gasteiger charge is -2.14. The smallest absolute Gasteiger partial charge is 0.291 e. The number of aryl methyl sites for hydroxylation is 1. The van der Waals surface area contributed by atoms with Gasteiger partial charge in [-0.05, 0) is 42.8 Å². The molecule has 0 unspecified atom stereocenters. The number of imide groups is 1. The van der Waals surface area contributed by atoms with Gasteiger partial charge in [-0.1, -0.05) is 18.2 Å². The largest absolute Gasteiger partial charge is 0.451 e. The van der Waals surface area contributed by atoms with Gasteiger partial charge in [-0.25, -0.2) is 0 Å². The van der Waals surface area contributed by atoms with Gasteiger partial charge in [0.15, 0.2) is 5.76 Å². The number of β-amino-alcohol motifs (C(OH)–C–C–N with tert-alkyl or cyclic N) is 1. The molecule has 0 saturated heterocycles. The number of amides is 3. The van der Waals surface area contributed by atoms with Crippen LogP contribution in [0.3, 0.4) is 0 Å². The Morgan fingerprint density at radius 3 is 2.67 bits per heavy atom. The van der Waals surface area contributed by atoms with Crippen molar-refractivity contribution in [1.82, 2.24) is 4.90 Å². The summed E-state index contributed by atoms with van der Waals surface area (Å²) in [7, 11) is 0. The lowest BCUT2D eigenvalue weighted by Crippen LogP contribution is -2.34. The molecule has 0 fully saturated rings. The minimum absolute atomic E-state index is 0.0505. The first-order chi connectivity index (χ1) is 14.5. The molecule has 4 rings (SSSR count). The molecule has 3 amide bonds. The third-order valence-electron chi connectivity index (χ3n) is 4.74. The molecule has 3 N–H and O–H groups in total. The van der Waals surface area contributed by atoms with Gasteiger partial charge < -0.3 is 20.2 Å². The summed E-state index contributed by atoms with van der Waals surface area (Å²) in [5.74, 6) is -1.12. The van der Waals surface area contributed by atoms with Crippen LogP contribution in [0.15, 0.2) is 64.7 Å². The van der Waals surface area contributed by atoms with E-state index < -0.39 is 11.8 Å². The zero-order valence-electron chi connectivity index (χ0n) is 16.1. The van der Waals surface area contributed by atoms with E-state index in [-0.39, 0.29) is 30.5 Å². The van der Waals surface area contributed by atoms with Crippen LogP contribution in [0.4, 0.5) is 11.4 Å². The molecule has 2 heterocycles. The molecule has 1 aliphatic rings. The van der Waals surface area contributed by atoms with Crippen molar-refractivity contribution in [2.24, 2.45) is 0 Å². The Balaban J connectivity index is 1.47. The van der Waals surface area contributed by atoms with Crippen molar-refractivity contribution in [2.45, 2.75) is 6.92 Å². The Labute approximate surface area is 171 Å². The van der Waals surface area contributed by atoms with E-state index in [2.05, 4.69) is 10.6 Å². The lowest BCUT2D eigenvalue weighted by atomic mass is 10.1. The maximum atomic E-state index is 12.5. The van der Waals surface area contributed by atoms with Crippen LogP contribution >= 0.6 is 0 Å². The number of para-hydroxylation sites is 1. The number of carbonyl (C=O) groups is 3. The van der Waals surface area contributed by atoms with E-state index in [0.29, 0.717) is 17.0 Å². The minimum Gasteiger partial charge on any atom is -0.451 e. The number of nitrogens with zero attached hydrogens (tertiary/aromatic N) is 1. The maximum absolute atomic E-state index is 12.5. The van der Waals surface area contributed by atoms with E-state index in [1.807, 2.05) is 25.1 Å². The van der Waals surface area contributed by atoms with Gasteiger partial charge in [0.25, 0.3) is 17.7 Å². The average Bonchev–Trinajstić information content (AvgIpc) is 3.27. The number of benzene rings is 2. The van der Waals surface area contributed by atoms with Crippen molar-refractivity contribution in [3.8, 4) is 0 Å². The van der Waals surface area contributed by atoms with Gasteiger partial charge in [-0.3, -0.25) is 19.3 Å². The van der Waals surface area contributed by atoms with Gasteiger partial charge in [0.2, 0.25) is 0 Å². The van der Waals surface area contributed by atoms with Crippen molar-refractivity contribution in [3.05, 3.63) is 71.6 Å². The third-order valence-corrected chi connectivity index (χ3v) is 4.74. The monoisotopic (exact) mass is 405 g/mol. The molecule has 30 heavy (non-hydrogen) atoms. The molecule has 0 radical (unpaired) electrons. The number of aliphatic hydroxyl groups is 1. The number of furan rings is 1. The molecule has 1 aliphatic heterocycles. The number of nitrogens with one attached hydrogen (secondary N) is 2. The average molecular weight is 405 g/mol. The molecule has 0 atom stereocenters. The van der Waals surface area contributed by atoms with Gasteiger partial charge >= 0.3 is 0 Å². The normalized spacial score (nSPS) is 13.7. The molecular weight excluding hydrogens is 386 g/mol. The number of rotatable bonds is 6. The fourth-order valence-electron chi connectivity index (χ4n) is 3.22. The van der Waals surface area contributed by atoms with Gasteiger partial charge in [0.1, 0.15) is 11.3 Å². The van der Waals surface area contributed by atoms with E-state index >= 15 is 0 Å². The maximum Gasteiger partial charge on any atom is 0.291 e. The third kappa shape index (κ3) is 3.68. The number of aliphatic hydroxyl groups excluding tert-OH is 1. The van der Waals surface area contributed by atoms with Crippen LogP contribution in [0.25, 0.3) is 11.0 Å². The lowest BCUT2D eigenvalue weighted by molar-refractivity contribution is -0.137. The van der Waals surface area contributed by atoms with Crippen molar-refractivity contribution in [3.63, 3.8) is 0 Å². The zero-order valence-corrected chi connectivity index (χ0v) is 16.1. The van der Waals surface area contributed by atoms with Crippen LogP contribution in [-0.2, 0) is 9.59 Å². The highest BCUT2D eigenvalue weighted by atomic mass is 16.3. The van der Waals surface area contributed by atoms with Crippen LogP contribution in [0.2, 0.25) is 0 Å². The Hall–Kier alpha value is -3.91. The first-order valence-electron chi connectivity index (χ1n) is 9.32. The van der Waals surface area contributed by atoms with Gasteiger partial charge in [-0.2, -0.15) is 0 Å². The summed E-state index contributed by atoms with van der Waals surface area (Å²) in [6.07, 6.45) is 1.20. The van der Waals surface area contributed by atoms with E-state index in [9.17, 15) is 14.4 Å². The van der Waals surface area contributed by atoms with Crippen LogP contribution in [0, 0.1) is 6.92 Å². The van der Waals surface area contributed by atoms with Crippen LogP contribution in [-0.4, -0.2) is 40.9 Å². The van der Waals surface area contributed by atoms with E-state index in [4.69, 9.17) is 9.52 Å². The standard InChI is InChI=1S/C22H19N3O5/c1-13-10-15(23-17-12-20(27)25(8-9-26)22(17)29)6-7-16(13)24-21(28)19-11-14-4-2-3-5-18(14)30-19/h2-7,10-12,23,26H,8-9H2,1H3,(H,24,28). The summed E-state index contributed by atoms with van der Waals surface area (Å²) in [5.41, 5.74) is 2.71. The van der Waals surface area contributed by atoms with Crippen LogP contribution < -0.4 is 10.6 Å². The molecule has 0 saturated carbocycles. The first kappa shape index (κ1) is 19.4. The summed E-state index contributed by atoms with van der Waals surface area (Å²) >= 11 is 0. The molecule has 8 nitrogen and oxygen atoms in total. The van der Waals surface area contributed by atoms with Crippen LogP contribution in [0.1, 0.15) is 16.1 Å². The van der Waals surface area contributed by atoms with Gasteiger partial charge in [0, 0.05) is 22.8 Å². The second-order valence-corrected chi connectivity index (χ2v) is 6.83. The molecule has 1 aromatic heterocycles. The molecule has 8 heteroatoms. The molecule has 0 spiro atoms. The molecule has 152 valence electrons. The Morgan fingerprint density at radius 2 is 1.93 bits per heavy atom. The fraction of sp³-hybridized carbons (Fsp3) is 0.136. The van der Waals surface area contributed by atoms with E-state index in [1.54, 1.807) is 30.3 Å². The minimum atomic E-state index is -0.492. The Morgan fingerprint density at radius 1 is 1.13 bits per heavy atom. The van der Waals surface area contributed by atoms with E-state index in [0.717, 1.165) is 15.8 Å². The SMILES string of the molecule is Cc1cc(NC2=CC(=O)N(CCO)C2=O)ccc1NC(=O)c1cc2ccccc2o1. The predicted octanol–water partition coefficient (Wildman–Crippen LogP) is 2.65. The topological polar surface area (TPSA) is 112 Å². The number of hydrogen-bond donors (Lipinski definition) is 3. The highest BCUT2D eigenvalue weighted by Gasteiger charge is 2.30. The Kier molecular flexibility index (Phi) is 5.07. The van der Waals surface area contributed by atoms with Crippen molar-refractivity contribution >= 4 is 40.1 Å². The Bertz CT molecular complexity index is 1160. The summed E-state index contributed by atoms with van der Waals surface area (Å²) in [5, 5.41) is 15.5. The summed E-state index contributed by atoms with van der Waals surface area (Å²) < 4.78 is 5.58. The summed E-state index contributed by atoms with van der Waals surface area (Å²) in [4.78, 5) is 37.6. The summed E-state index contributed by atoms with van der Waals surface area (Å²) in [6, 6.07) is 14.2.